The second-order valence-corrected chi connectivity index (χ2v) is 11.2. The number of nitrogens with one attached hydrogen (secondary N) is 1. The van der Waals surface area contributed by atoms with Crippen LogP contribution in [0, 0.1) is 6.92 Å². The Morgan fingerprint density at radius 1 is 1.00 bits per heavy atom. The molecule has 0 saturated carbocycles. The van der Waals surface area contributed by atoms with E-state index in [0.29, 0.717) is 31.0 Å². The van der Waals surface area contributed by atoms with E-state index in [2.05, 4.69) is 33.0 Å². The van der Waals surface area contributed by atoms with Gasteiger partial charge in [-0.3, -0.25) is 9.59 Å². The number of aryl methyl sites for hydroxylation is 2. The Balaban J connectivity index is 1.78. The highest BCUT2D eigenvalue weighted by atomic mass is 16.5. The molecule has 3 rings (SSSR count). The number of carbonyl (C=O) groups excluding carboxylic acids is 2. The monoisotopic (exact) mass is 532 g/mol. The van der Waals surface area contributed by atoms with Crippen LogP contribution in [0.25, 0.3) is 5.69 Å². The number of hydrogen-bond acceptors (Lipinski definition) is 4. The molecule has 0 saturated heterocycles. The van der Waals surface area contributed by atoms with Gasteiger partial charge in [0.1, 0.15) is 12.4 Å². The zero-order chi connectivity index (χ0) is 28.4. The third-order valence-electron chi connectivity index (χ3n) is 6.69. The summed E-state index contributed by atoms with van der Waals surface area (Å²) in [5.74, 6) is 0.143. The first kappa shape index (κ1) is 30.1. The van der Waals surface area contributed by atoms with Crippen LogP contribution in [0.2, 0.25) is 0 Å². The zero-order valence-corrected chi connectivity index (χ0v) is 24.4. The zero-order valence-electron chi connectivity index (χ0n) is 24.4. The molecule has 3 aromatic rings. The van der Waals surface area contributed by atoms with E-state index >= 15 is 0 Å². The van der Waals surface area contributed by atoms with E-state index in [0.717, 1.165) is 29.8 Å². The molecule has 0 radical (unpaired) electrons. The number of rotatable bonds is 13. The number of anilines is 1. The molecular formula is C32H44N4O3. The van der Waals surface area contributed by atoms with Gasteiger partial charge in [0.05, 0.1) is 11.4 Å². The number of methoxy groups -OCH3 is 1. The van der Waals surface area contributed by atoms with Crippen LogP contribution < -0.4 is 5.32 Å². The normalized spacial score (nSPS) is 11.4. The predicted octanol–water partition coefficient (Wildman–Crippen LogP) is 6.33. The van der Waals surface area contributed by atoms with E-state index < -0.39 is 0 Å². The Morgan fingerprint density at radius 2 is 1.69 bits per heavy atom. The van der Waals surface area contributed by atoms with Crippen LogP contribution in [0.3, 0.4) is 0 Å². The average Bonchev–Trinajstić information content (AvgIpc) is 3.33. The number of ether oxygens (including phenoxy) is 1. The molecule has 7 heteroatoms. The fourth-order valence-corrected chi connectivity index (χ4v) is 4.30. The van der Waals surface area contributed by atoms with Gasteiger partial charge in [0.2, 0.25) is 5.91 Å². The molecule has 0 spiro atoms. The van der Waals surface area contributed by atoms with Crippen LogP contribution in [-0.4, -0.2) is 53.3 Å². The van der Waals surface area contributed by atoms with Gasteiger partial charge in [-0.05, 0) is 56.0 Å². The summed E-state index contributed by atoms with van der Waals surface area (Å²) in [4.78, 5) is 28.3. The fraction of sp³-hybridized carbons (Fsp3) is 0.469. The van der Waals surface area contributed by atoms with Gasteiger partial charge in [0.25, 0.3) is 5.91 Å². The number of nitrogens with zero attached hydrogens (tertiary/aromatic N) is 3. The summed E-state index contributed by atoms with van der Waals surface area (Å²) in [7, 11) is 1.63. The van der Waals surface area contributed by atoms with Gasteiger partial charge in [0, 0.05) is 37.3 Å². The molecule has 0 atom stereocenters. The molecule has 7 nitrogen and oxygen atoms in total. The number of unbranched alkanes of at least 4 members (excludes halogenated alkanes) is 2. The summed E-state index contributed by atoms with van der Waals surface area (Å²) in [6.07, 6.45) is 5.16. The second kappa shape index (κ2) is 14.1. The first-order valence-corrected chi connectivity index (χ1v) is 14.0. The van der Waals surface area contributed by atoms with Crippen molar-refractivity contribution in [2.75, 3.05) is 32.1 Å². The highest BCUT2D eigenvalue weighted by Crippen LogP contribution is 2.26. The molecule has 0 bridgehead atoms. The van der Waals surface area contributed by atoms with Gasteiger partial charge < -0.3 is 15.0 Å². The van der Waals surface area contributed by atoms with Gasteiger partial charge in [0.15, 0.2) is 0 Å². The lowest BCUT2D eigenvalue weighted by Crippen LogP contribution is -2.39. The lowest BCUT2D eigenvalue weighted by Gasteiger charge is -2.22. The predicted molar refractivity (Wildman–Crippen MR) is 158 cm³/mol. The van der Waals surface area contributed by atoms with Crippen molar-refractivity contribution in [1.29, 1.82) is 0 Å². The number of carbonyl (C=O) groups is 2. The van der Waals surface area contributed by atoms with Crippen molar-refractivity contribution >= 4 is 17.6 Å². The van der Waals surface area contributed by atoms with E-state index in [9.17, 15) is 9.59 Å². The Labute approximate surface area is 233 Å². The van der Waals surface area contributed by atoms with E-state index in [1.54, 1.807) is 16.7 Å². The molecule has 0 aliphatic rings. The molecule has 1 heterocycles. The lowest BCUT2D eigenvalue weighted by atomic mass is 9.92. The highest BCUT2D eigenvalue weighted by molar-refractivity contribution is 5.99. The molecule has 1 N–H and O–H groups in total. The lowest BCUT2D eigenvalue weighted by molar-refractivity contribution is -0.117. The summed E-state index contributed by atoms with van der Waals surface area (Å²) in [6.45, 7) is 11.4. The molecule has 0 fully saturated rings. The number of benzene rings is 2. The molecule has 0 aliphatic heterocycles. The van der Waals surface area contributed by atoms with Crippen molar-refractivity contribution in [3.8, 4) is 5.69 Å². The van der Waals surface area contributed by atoms with Crippen molar-refractivity contribution in [3.05, 3.63) is 77.0 Å². The standard InChI is InChI=1S/C32H44N4O3/c1-7-8-9-11-25-14-16-26(17-15-25)31(38)35(20-10-21-39-6)23-30(37)33-29-22-28(32(3,4)5)34-36(29)27-18-12-24(2)13-19-27/h12-19,22H,7-11,20-21,23H2,1-6H3,(H,33,37). The third kappa shape index (κ3) is 8.79. The van der Waals surface area contributed by atoms with Crippen molar-refractivity contribution in [3.63, 3.8) is 0 Å². The van der Waals surface area contributed by atoms with E-state index in [4.69, 9.17) is 9.84 Å². The second-order valence-electron chi connectivity index (χ2n) is 11.2. The summed E-state index contributed by atoms with van der Waals surface area (Å²) in [5.41, 5.74) is 4.48. The number of amides is 2. The first-order chi connectivity index (χ1) is 18.6. The fourth-order valence-electron chi connectivity index (χ4n) is 4.30. The molecule has 1 aromatic heterocycles. The number of aromatic nitrogens is 2. The molecular weight excluding hydrogens is 488 g/mol. The molecule has 210 valence electrons. The highest BCUT2D eigenvalue weighted by Gasteiger charge is 2.23. The van der Waals surface area contributed by atoms with Crippen molar-refractivity contribution < 1.29 is 14.3 Å². The van der Waals surface area contributed by atoms with Crippen LogP contribution in [0.5, 0.6) is 0 Å². The van der Waals surface area contributed by atoms with Gasteiger partial charge in [-0.15, -0.1) is 0 Å². The van der Waals surface area contributed by atoms with Crippen LogP contribution >= 0.6 is 0 Å². The van der Waals surface area contributed by atoms with E-state index in [-0.39, 0.29) is 23.8 Å². The Kier molecular flexibility index (Phi) is 10.9. The quantitative estimate of drug-likeness (QED) is 0.261. The van der Waals surface area contributed by atoms with Gasteiger partial charge in [-0.2, -0.15) is 5.10 Å². The number of hydrogen-bond donors (Lipinski definition) is 1. The topological polar surface area (TPSA) is 76.5 Å². The third-order valence-corrected chi connectivity index (χ3v) is 6.69. The molecule has 39 heavy (non-hydrogen) atoms. The summed E-state index contributed by atoms with van der Waals surface area (Å²) < 4.78 is 6.95. The summed E-state index contributed by atoms with van der Waals surface area (Å²) >= 11 is 0. The Hall–Kier alpha value is -3.45. The largest absolute Gasteiger partial charge is 0.385 e. The Bertz CT molecular complexity index is 1210. The molecule has 0 aliphatic carbocycles. The maximum absolute atomic E-state index is 13.4. The maximum atomic E-state index is 13.4. The molecule has 2 amide bonds. The van der Waals surface area contributed by atoms with Crippen molar-refractivity contribution in [2.45, 2.75) is 72.1 Å². The van der Waals surface area contributed by atoms with Crippen molar-refractivity contribution in [1.82, 2.24) is 14.7 Å². The van der Waals surface area contributed by atoms with Gasteiger partial charge >= 0.3 is 0 Å². The Morgan fingerprint density at radius 3 is 2.31 bits per heavy atom. The first-order valence-electron chi connectivity index (χ1n) is 14.0. The minimum absolute atomic E-state index is 0.0648. The van der Waals surface area contributed by atoms with Gasteiger partial charge in [-0.25, -0.2) is 4.68 Å². The van der Waals surface area contributed by atoms with E-state index in [1.165, 1.54) is 18.4 Å². The van der Waals surface area contributed by atoms with Crippen molar-refractivity contribution in [2.24, 2.45) is 0 Å². The average molecular weight is 533 g/mol. The smallest absolute Gasteiger partial charge is 0.254 e. The van der Waals surface area contributed by atoms with Gasteiger partial charge in [-0.1, -0.05) is 70.4 Å². The summed E-state index contributed by atoms with van der Waals surface area (Å²) in [5, 5.41) is 7.81. The maximum Gasteiger partial charge on any atom is 0.254 e. The summed E-state index contributed by atoms with van der Waals surface area (Å²) in [6, 6.07) is 17.7. The minimum atomic E-state index is -0.273. The SMILES string of the molecule is CCCCCc1ccc(C(=O)N(CCCOC)CC(=O)Nc2cc(C(C)(C)C)nn2-c2ccc(C)cc2)cc1. The van der Waals surface area contributed by atoms with Crippen LogP contribution in [-0.2, 0) is 21.4 Å². The molecule has 2 aromatic carbocycles. The van der Waals surface area contributed by atoms with Crippen LogP contribution in [0.1, 0.15) is 80.6 Å². The van der Waals surface area contributed by atoms with Crippen LogP contribution in [0.15, 0.2) is 54.6 Å². The van der Waals surface area contributed by atoms with Crippen LogP contribution in [0.4, 0.5) is 5.82 Å². The molecule has 0 unspecified atom stereocenters. The van der Waals surface area contributed by atoms with E-state index in [1.807, 2.05) is 61.5 Å². The minimum Gasteiger partial charge on any atom is -0.385 e.